The molecule has 0 aliphatic heterocycles. The van der Waals surface area contributed by atoms with Crippen LogP contribution in [0.25, 0.3) is 0 Å². The summed E-state index contributed by atoms with van der Waals surface area (Å²) in [6, 6.07) is 5.80. The van der Waals surface area contributed by atoms with Crippen LogP contribution in [-0.2, 0) is 9.59 Å². The van der Waals surface area contributed by atoms with E-state index in [0.717, 1.165) is 11.3 Å². The molecule has 4 heteroatoms. The van der Waals surface area contributed by atoms with E-state index in [2.05, 4.69) is 10.6 Å². The molecule has 0 bridgehead atoms. The van der Waals surface area contributed by atoms with Gasteiger partial charge in [0.05, 0.1) is 0 Å². The van der Waals surface area contributed by atoms with Gasteiger partial charge in [-0.05, 0) is 37.1 Å². The van der Waals surface area contributed by atoms with E-state index >= 15 is 0 Å². The highest BCUT2D eigenvalue weighted by atomic mass is 16.2. The molecule has 1 aromatic rings. The topological polar surface area (TPSA) is 58.2 Å². The Labute approximate surface area is 114 Å². The van der Waals surface area contributed by atoms with E-state index in [0.29, 0.717) is 6.54 Å². The molecule has 0 unspecified atom stereocenters. The zero-order valence-corrected chi connectivity index (χ0v) is 12.0. The van der Waals surface area contributed by atoms with Crippen LogP contribution in [0.2, 0.25) is 0 Å². The van der Waals surface area contributed by atoms with Crippen molar-refractivity contribution in [3.05, 3.63) is 29.3 Å². The molecule has 0 heterocycles. The van der Waals surface area contributed by atoms with Gasteiger partial charge >= 0.3 is 0 Å². The summed E-state index contributed by atoms with van der Waals surface area (Å²) in [5.41, 5.74) is 3.14. The summed E-state index contributed by atoms with van der Waals surface area (Å²) < 4.78 is 0. The summed E-state index contributed by atoms with van der Waals surface area (Å²) in [7, 11) is 0. The van der Waals surface area contributed by atoms with Crippen molar-refractivity contribution < 1.29 is 9.59 Å². The molecule has 0 aromatic heterocycles. The number of carbonyl (C=O) groups is 2. The maximum absolute atomic E-state index is 11.7. The zero-order valence-electron chi connectivity index (χ0n) is 12.0. The Hall–Kier alpha value is -1.84. The fourth-order valence-corrected chi connectivity index (χ4v) is 1.55. The smallest absolute Gasteiger partial charge is 0.226 e. The number of nitrogens with one attached hydrogen (secondary N) is 2. The Morgan fingerprint density at radius 1 is 1.16 bits per heavy atom. The predicted molar refractivity (Wildman–Crippen MR) is 77.0 cm³/mol. The van der Waals surface area contributed by atoms with E-state index in [-0.39, 0.29) is 24.2 Å². The summed E-state index contributed by atoms with van der Waals surface area (Å²) in [5.74, 6) is -0.172. The summed E-state index contributed by atoms with van der Waals surface area (Å²) in [6.07, 6.45) is 0.283. The van der Waals surface area contributed by atoms with Gasteiger partial charge in [0.15, 0.2) is 0 Å². The highest BCUT2D eigenvalue weighted by Crippen LogP contribution is 2.14. The maximum atomic E-state index is 11.7. The molecule has 4 nitrogen and oxygen atoms in total. The van der Waals surface area contributed by atoms with Crippen molar-refractivity contribution in [2.24, 2.45) is 5.92 Å². The minimum Gasteiger partial charge on any atom is -0.355 e. The van der Waals surface area contributed by atoms with Crippen LogP contribution in [0.15, 0.2) is 18.2 Å². The number of hydrogen-bond acceptors (Lipinski definition) is 2. The molecule has 0 aliphatic carbocycles. The van der Waals surface area contributed by atoms with Crippen LogP contribution >= 0.6 is 0 Å². The Morgan fingerprint density at radius 3 is 2.42 bits per heavy atom. The number of rotatable bonds is 5. The van der Waals surface area contributed by atoms with Crippen molar-refractivity contribution in [3.63, 3.8) is 0 Å². The second-order valence-corrected chi connectivity index (χ2v) is 5.04. The third-order valence-corrected chi connectivity index (χ3v) is 2.97. The average Bonchev–Trinajstić information content (AvgIpc) is 2.33. The molecule has 0 atom stereocenters. The third kappa shape index (κ3) is 5.12. The lowest BCUT2D eigenvalue weighted by Crippen LogP contribution is -2.30. The van der Waals surface area contributed by atoms with E-state index < -0.39 is 0 Å². The summed E-state index contributed by atoms with van der Waals surface area (Å²) in [6.45, 7) is 8.05. The lowest BCUT2D eigenvalue weighted by molar-refractivity contribution is -0.124. The van der Waals surface area contributed by atoms with Crippen molar-refractivity contribution in [2.45, 2.75) is 34.1 Å². The molecule has 0 aliphatic rings. The van der Waals surface area contributed by atoms with Gasteiger partial charge < -0.3 is 10.6 Å². The monoisotopic (exact) mass is 262 g/mol. The molecule has 2 N–H and O–H groups in total. The summed E-state index contributed by atoms with van der Waals surface area (Å²) >= 11 is 0. The molecule has 1 rings (SSSR count). The van der Waals surface area contributed by atoms with Gasteiger partial charge in [0, 0.05) is 24.6 Å². The Kier molecular flexibility index (Phi) is 5.55. The molecule has 0 spiro atoms. The molecule has 19 heavy (non-hydrogen) atoms. The third-order valence-electron chi connectivity index (χ3n) is 2.97. The lowest BCUT2D eigenvalue weighted by Gasteiger charge is -2.09. The van der Waals surface area contributed by atoms with E-state index in [9.17, 15) is 9.59 Å². The van der Waals surface area contributed by atoms with Crippen LogP contribution < -0.4 is 10.6 Å². The van der Waals surface area contributed by atoms with Crippen molar-refractivity contribution in [2.75, 3.05) is 11.9 Å². The highest BCUT2D eigenvalue weighted by Gasteiger charge is 2.07. The largest absolute Gasteiger partial charge is 0.355 e. The van der Waals surface area contributed by atoms with Gasteiger partial charge in [0.2, 0.25) is 11.8 Å². The van der Waals surface area contributed by atoms with Crippen molar-refractivity contribution >= 4 is 17.5 Å². The highest BCUT2D eigenvalue weighted by molar-refractivity contribution is 5.91. The first-order valence-corrected chi connectivity index (χ1v) is 6.55. The lowest BCUT2D eigenvalue weighted by atomic mass is 10.1. The van der Waals surface area contributed by atoms with Crippen molar-refractivity contribution in [3.8, 4) is 0 Å². The molecule has 0 saturated heterocycles. The Morgan fingerprint density at radius 2 is 1.84 bits per heavy atom. The van der Waals surface area contributed by atoms with Crippen molar-refractivity contribution in [1.29, 1.82) is 0 Å². The SMILES string of the molecule is Cc1ccc(NC(=O)CCNC(=O)C(C)C)cc1C. The van der Waals surface area contributed by atoms with Crippen LogP contribution in [0.4, 0.5) is 5.69 Å². The molecule has 2 amide bonds. The Bertz CT molecular complexity index is 467. The van der Waals surface area contributed by atoms with Crippen LogP contribution in [0, 0.1) is 19.8 Å². The van der Waals surface area contributed by atoms with Gasteiger partial charge in [-0.15, -0.1) is 0 Å². The first-order valence-electron chi connectivity index (χ1n) is 6.55. The number of benzene rings is 1. The molecular weight excluding hydrogens is 240 g/mol. The molecule has 0 saturated carbocycles. The minimum atomic E-state index is -0.0905. The number of anilines is 1. The number of carbonyl (C=O) groups excluding carboxylic acids is 2. The van der Waals surface area contributed by atoms with Gasteiger partial charge in [-0.2, -0.15) is 0 Å². The second-order valence-electron chi connectivity index (χ2n) is 5.04. The van der Waals surface area contributed by atoms with E-state index in [1.54, 1.807) is 0 Å². The second kappa shape index (κ2) is 6.92. The Balaban J connectivity index is 2.39. The molecular formula is C15H22N2O2. The summed E-state index contributed by atoms with van der Waals surface area (Å²) in [5, 5.41) is 5.54. The predicted octanol–water partition coefficient (Wildman–Crippen LogP) is 2.40. The molecule has 104 valence electrons. The van der Waals surface area contributed by atoms with E-state index in [4.69, 9.17) is 0 Å². The first kappa shape index (κ1) is 15.2. The zero-order chi connectivity index (χ0) is 14.4. The quantitative estimate of drug-likeness (QED) is 0.856. The number of aryl methyl sites for hydroxylation is 2. The number of amides is 2. The van der Waals surface area contributed by atoms with E-state index in [1.165, 1.54) is 5.56 Å². The van der Waals surface area contributed by atoms with Gasteiger partial charge in [-0.1, -0.05) is 19.9 Å². The van der Waals surface area contributed by atoms with Gasteiger partial charge in [0.1, 0.15) is 0 Å². The van der Waals surface area contributed by atoms with Gasteiger partial charge in [-0.3, -0.25) is 9.59 Å². The molecule has 0 radical (unpaired) electrons. The van der Waals surface area contributed by atoms with Crippen LogP contribution in [-0.4, -0.2) is 18.4 Å². The minimum absolute atomic E-state index is 0.0287. The fraction of sp³-hybridized carbons (Fsp3) is 0.467. The van der Waals surface area contributed by atoms with Crippen molar-refractivity contribution in [1.82, 2.24) is 5.32 Å². The molecule has 0 fully saturated rings. The van der Waals surface area contributed by atoms with E-state index in [1.807, 2.05) is 45.9 Å². The average molecular weight is 262 g/mol. The summed E-state index contributed by atoms with van der Waals surface area (Å²) in [4.78, 5) is 23.0. The van der Waals surface area contributed by atoms with Crippen LogP contribution in [0.3, 0.4) is 0 Å². The van der Waals surface area contributed by atoms with Crippen LogP contribution in [0.5, 0.6) is 0 Å². The first-order chi connectivity index (χ1) is 8.90. The van der Waals surface area contributed by atoms with Crippen LogP contribution in [0.1, 0.15) is 31.4 Å². The number of hydrogen-bond donors (Lipinski definition) is 2. The van der Waals surface area contributed by atoms with Gasteiger partial charge in [-0.25, -0.2) is 0 Å². The van der Waals surface area contributed by atoms with Gasteiger partial charge in [0.25, 0.3) is 0 Å². The maximum Gasteiger partial charge on any atom is 0.226 e. The fourth-order valence-electron chi connectivity index (χ4n) is 1.55. The molecule has 1 aromatic carbocycles. The normalized spacial score (nSPS) is 10.4. The standard InChI is InChI=1S/C15H22N2O2/c1-10(2)15(19)16-8-7-14(18)17-13-6-5-11(3)12(4)9-13/h5-6,9-10H,7-8H2,1-4H3,(H,16,19)(H,17,18).